The summed E-state index contributed by atoms with van der Waals surface area (Å²) in [5.41, 5.74) is 0.295. The minimum absolute atomic E-state index is 0.127. The molecule has 0 amide bonds. The minimum atomic E-state index is -0.129. The lowest BCUT2D eigenvalue weighted by molar-refractivity contribution is -0.0739. The first kappa shape index (κ1) is 11.0. The topological polar surface area (TPSA) is 23.5 Å². The minimum Gasteiger partial charge on any atom is -0.393 e. The number of aliphatic hydroxyl groups excluding tert-OH is 1. The van der Waals surface area contributed by atoms with Gasteiger partial charge in [-0.15, -0.1) is 0 Å². The van der Waals surface area contributed by atoms with Crippen molar-refractivity contribution >= 4 is 0 Å². The SMILES string of the molecule is CCC1(C)CC(O)CC(C)(C)N1C. The van der Waals surface area contributed by atoms with E-state index in [4.69, 9.17) is 0 Å². The maximum atomic E-state index is 9.80. The maximum absolute atomic E-state index is 9.80. The number of rotatable bonds is 1. The molecule has 1 aliphatic heterocycles. The van der Waals surface area contributed by atoms with E-state index in [1.807, 2.05) is 0 Å². The molecule has 2 atom stereocenters. The molecular formula is C11H23NO. The first-order chi connectivity index (χ1) is 5.82. The van der Waals surface area contributed by atoms with Gasteiger partial charge in [0.25, 0.3) is 0 Å². The second-order valence-corrected chi connectivity index (χ2v) is 5.28. The van der Waals surface area contributed by atoms with Gasteiger partial charge in [-0.2, -0.15) is 0 Å². The summed E-state index contributed by atoms with van der Waals surface area (Å²) >= 11 is 0. The Kier molecular flexibility index (Phi) is 2.75. The highest BCUT2D eigenvalue weighted by Crippen LogP contribution is 2.38. The van der Waals surface area contributed by atoms with Crippen LogP contribution in [-0.2, 0) is 0 Å². The predicted molar refractivity (Wildman–Crippen MR) is 55.8 cm³/mol. The summed E-state index contributed by atoms with van der Waals surface area (Å²) in [6, 6.07) is 0. The van der Waals surface area contributed by atoms with E-state index in [0.29, 0.717) is 0 Å². The third kappa shape index (κ3) is 1.89. The second kappa shape index (κ2) is 3.25. The Morgan fingerprint density at radius 3 is 2.31 bits per heavy atom. The summed E-state index contributed by atoms with van der Waals surface area (Å²) in [6.07, 6.45) is 2.77. The zero-order chi connectivity index (χ0) is 10.3. The normalized spacial score (nSPS) is 40.6. The van der Waals surface area contributed by atoms with Gasteiger partial charge in [0.2, 0.25) is 0 Å². The molecule has 1 rings (SSSR count). The highest BCUT2D eigenvalue weighted by Gasteiger charge is 2.43. The van der Waals surface area contributed by atoms with Crippen LogP contribution in [0.2, 0.25) is 0 Å². The van der Waals surface area contributed by atoms with E-state index < -0.39 is 0 Å². The van der Waals surface area contributed by atoms with Gasteiger partial charge in [0.05, 0.1) is 6.10 Å². The van der Waals surface area contributed by atoms with Gasteiger partial charge in [-0.1, -0.05) is 6.92 Å². The molecule has 1 saturated heterocycles. The molecule has 0 saturated carbocycles. The standard InChI is InChI=1S/C11H23NO/c1-6-11(4)8-9(13)7-10(2,3)12(11)5/h9,13H,6-8H2,1-5H3. The lowest BCUT2D eigenvalue weighted by atomic mass is 9.76. The first-order valence-electron chi connectivity index (χ1n) is 5.24. The van der Waals surface area contributed by atoms with Crippen LogP contribution in [0.5, 0.6) is 0 Å². The van der Waals surface area contributed by atoms with Crippen LogP contribution in [0.4, 0.5) is 0 Å². The van der Waals surface area contributed by atoms with Gasteiger partial charge in [-0.05, 0) is 47.1 Å². The summed E-state index contributed by atoms with van der Waals surface area (Å²) in [6.45, 7) is 8.87. The summed E-state index contributed by atoms with van der Waals surface area (Å²) in [5, 5.41) is 9.80. The monoisotopic (exact) mass is 185 g/mol. The number of hydrogen-bond donors (Lipinski definition) is 1. The van der Waals surface area contributed by atoms with Crippen LogP contribution in [0, 0.1) is 0 Å². The Morgan fingerprint density at radius 2 is 1.85 bits per heavy atom. The predicted octanol–water partition coefficient (Wildman–Crippen LogP) is 2.02. The smallest absolute Gasteiger partial charge is 0.0575 e. The Labute approximate surface area is 81.9 Å². The van der Waals surface area contributed by atoms with E-state index >= 15 is 0 Å². The largest absolute Gasteiger partial charge is 0.393 e. The van der Waals surface area contributed by atoms with Crippen LogP contribution < -0.4 is 0 Å². The Balaban J connectivity index is 2.88. The van der Waals surface area contributed by atoms with Crippen LogP contribution in [0.25, 0.3) is 0 Å². The number of aliphatic hydroxyl groups is 1. The van der Waals surface area contributed by atoms with Gasteiger partial charge < -0.3 is 5.11 Å². The van der Waals surface area contributed by atoms with Gasteiger partial charge in [-0.3, -0.25) is 4.90 Å². The molecule has 1 aliphatic rings. The second-order valence-electron chi connectivity index (χ2n) is 5.28. The van der Waals surface area contributed by atoms with E-state index in [-0.39, 0.29) is 17.2 Å². The molecule has 0 radical (unpaired) electrons. The van der Waals surface area contributed by atoms with Crippen molar-refractivity contribution in [3.05, 3.63) is 0 Å². The van der Waals surface area contributed by atoms with Crippen molar-refractivity contribution in [2.24, 2.45) is 0 Å². The van der Waals surface area contributed by atoms with Crippen molar-refractivity contribution in [1.29, 1.82) is 0 Å². The van der Waals surface area contributed by atoms with Crippen molar-refractivity contribution in [1.82, 2.24) is 4.90 Å². The van der Waals surface area contributed by atoms with Gasteiger partial charge in [0.15, 0.2) is 0 Å². The zero-order valence-electron chi connectivity index (χ0n) is 9.59. The van der Waals surface area contributed by atoms with Crippen LogP contribution in [0.3, 0.4) is 0 Å². The summed E-state index contributed by atoms with van der Waals surface area (Å²) in [4.78, 5) is 2.42. The Bertz CT molecular complexity index is 191. The number of hydrogen-bond acceptors (Lipinski definition) is 2. The third-order valence-electron chi connectivity index (χ3n) is 3.89. The van der Waals surface area contributed by atoms with E-state index in [1.165, 1.54) is 0 Å². The third-order valence-corrected chi connectivity index (χ3v) is 3.89. The van der Waals surface area contributed by atoms with Crippen LogP contribution in [-0.4, -0.2) is 34.2 Å². The molecule has 78 valence electrons. The van der Waals surface area contributed by atoms with Crippen molar-refractivity contribution in [3.8, 4) is 0 Å². The van der Waals surface area contributed by atoms with Gasteiger partial charge in [0.1, 0.15) is 0 Å². The van der Waals surface area contributed by atoms with E-state index in [9.17, 15) is 5.11 Å². The molecule has 0 bridgehead atoms. The van der Waals surface area contributed by atoms with E-state index in [0.717, 1.165) is 19.3 Å². The lowest BCUT2D eigenvalue weighted by Crippen LogP contribution is -2.60. The molecule has 1 heterocycles. The number of piperidine rings is 1. The quantitative estimate of drug-likeness (QED) is 0.675. The van der Waals surface area contributed by atoms with Crippen molar-refractivity contribution in [2.45, 2.75) is 64.1 Å². The van der Waals surface area contributed by atoms with Crippen molar-refractivity contribution < 1.29 is 5.11 Å². The van der Waals surface area contributed by atoms with Crippen molar-refractivity contribution in [2.75, 3.05) is 7.05 Å². The van der Waals surface area contributed by atoms with Gasteiger partial charge in [0, 0.05) is 11.1 Å². The molecule has 1 N–H and O–H groups in total. The highest BCUT2D eigenvalue weighted by molar-refractivity contribution is 4.99. The zero-order valence-corrected chi connectivity index (χ0v) is 9.59. The molecular weight excluding hydrogens is 162 g/mol. The molecule has 0 aliphatic carbocycles. The van der Waals surface area contributed by atoms with Crippen LogP contribution in [0.15, 0.2) is 0 Å². The fourth-order valence-corrected chi connectivity index (χ4v) is 2.54. The molecule has 0 aromatic rings. The summed E-state index contributed by atoms with van der Waals surface area (Å²) < 4.78 is 0. The Morgan fingerprint density at radius 1 is 1.31 bits per heavy atom. The molecule has 0 spiro atoms. The molecule has 1 fully saturated rings. The lowest BCUT2D eigenvalue weighted by Gasteiger charge is -2.54. The number of likely N-dealkylation sites (tertiary alicyclic amines) is 1. The molecule has 2 unspecified atom stereocenters. The fraction of sp³-hybridized carbons (Fsp3) is 1.00. The Hall–Kier alpha value is -0.0800. The van der Waals surface area contributed by atoms with Crippen LogP contribution in [0.1, 0.15) is 47.0 Å². The molecule has 13 heavy (non-hydrogen) atoms. The summed E-state index contributed by atoms with van der Waals surface area (Å²) in [5.74, 6) is 0. The fourth-order valence-electron chi connectivity index (χ4n) is 2.54. The molecule has 0 aromatic heterocycles. The summed E-state index contributed by atoms with van der Waals surface area (Å²) in [7, 11) is 2.18. The number of nitrogens with zero attached hydrogens (tertiary/aromatic N) is 1. The average molecular weight is 185 g/mol. The molecule has 2 heteroatoms. The molecule has 2 nitrogen and oxygen atoms in total. The van der Waals surface area contributed by atoms with E-state index in [1.54, 1.807) is 0 Å². The van der Waals surface area contributed by atoms with Crippen molar-refractivity contribution in [3.63, 3.8) is 0 Å². The van der Waals surface area contributed by atoms with E-state index in [2.05, 4.69) is 39.6 Å². The maximum Gasteiger partial charge on any atom is 0.0575 e. The van der Waals surface area contributed by atoms with Gasteiger partial charge >= 0.3 is 0 Å². The highest BCUT2D eigenvalue weighted by atomic mass is 16.3. The molecule has 0 aromatic carbocycles. The van der Waals surface area contributed by atoms with Crippen LogP contribution >= 0.6 is 0 Å². The van der Waals surface area contributed by atoms with Gasteiger partial charge in [-0.25, -0.2) is 0 Å². The first-order valence-corrected chi connectivity index (χ1v) is 5.24. The average Bonchev–Trinajstić information content (AvgIpc) is 1.99.